The molecule has 0 aliphatic carbocycles. The number of aromatic nitrogens is 1. The molecule has 0 bridgehead atoms. The Bertz CT molecular complexity index is 761. The van der Waals surface area contributed by atoms with Gasteiger partial charge in [-0.3, -0.25) is 0 Å². The van der Waals surface area contributed by atoms with Gasteiger partial charge >= 0.3 is 11.9 Å². The molecular formula is C14H17BrF3NO3Si. The maximum absolute atomic E-state index is 13.2. The van der Waals surface area contributed by atoms with Crippen LogP contribution in [0.15, 0.2) is 25.8 Å². The molecule has 0 fully saturated rings. The normalized spacial score (nSPS) is 13.0. The van der Waals surface area contributed by atoms with Gasteiger partial charge in [-0.15, -0.1) is 0 Å². The van der Waals surface area contributed by atoms with Crippen LogP contribution in [0.4, 0.5) is 13.2 Å². The van der Waals surface area contributed by atoms with Crippen LogP contribution in [0.25, 0.3) is 11.1 Å². The highest BCUT2D eigenvalue weighted by Crippen LogP contribution is 2.37. The van der Waals surface area contributed by atoms with E-state index in [0.717, 1.165) is 16.7 Å². The average Bonchev–Trinajstić information content (AvgIpc) is 2.70. The van der Waals surface area contributed by atoms with Gasteiger partial charge < -0.3 is 9.15 Å². The van der Waals surface area contributed by atoms with E-state index < -0.39 is 25.6 Å². The van der Waals surface area contributed by atoms with E-state index in [9.17, 15) is 18.0 Å². The predicted octanol–water partition coefficient (Wildman–Crippen LogP) is 4.69. The number of halogens is 4. The minimum Gasteiger partial charge on any atom is -0.406 e. The number of oxazole rings is 1. The molecule has 9 heteroatoms. The molecule has 0 amide bonds. The summed E-state index contributed by atoms with van der Waals surface area (Å²) in [7, 11) is -1.32. The highest BCUT2D eigenvalue weighted by atomic mass is 79.9. The van der Waals surface area contributed by atoms with Crippen LogP contribution in [0, 0.1) is 0 Å². The van der Waals surface area contributed by atoms with E-state index in [-0.39, 0.29) is 17.8 Å². The third-order valence-corrected chi connectivity index (χ3v) is 5.61. The van der Waals surface area contributed by atoms with Crippen molar-refractivity contribution in [2.24, 2.45) is 0 Å². The summed E-state index contributed by atoms with van der Waals surface area (Å²) in [6, 6.07) is 2.98. The van der Waals surface area contributed by atoms with E-state index in [1.165, 1.54) is 6.07 Å². The van der Waals surface area contributed by atoms with Crippen molar-refractivity contribution in [3.05, 3.63) is 32.7 Å². The Morgan fingerprint density at radius 2 is 1.96 bits per heavy atom. The van der Waals surface area contributed by atoms with E-state index in [1.54, 1.807) is 0 Å². The van der Waals surface area contributed by atoms with E-state index in [1.807, 2.05) is 0 Å². The lowest BCUT2D eigenvalue weighted by Crippen LogP contribution is -2.23. The third kappa shape index (κ3) is 4.27. The monoisotopic (exact) mass is 411 g/mol. The van der Waals surface area contributed by atoms with Crippen LogP contribution in [0.2, 0.25) is 25.7 Å². The molecule has 128 valence electrons. The second-order valence-corrected chi connectivity index (χ2v) is 12.9. The molecule has 1 heterocycles. The molecule has 1 aromatic carbocycles. The summed E-state index contributed by atoms with van der Waals surface area (Å²) < 4.78 is 51.1. The van der Waals surface area contributed by atoms with Crippen LogP contribution >= 0.6 is 15.9 Å². The van der Waals surface area contributed by atoms with Gasteiger partial charge in [-0.25, -0.2) is 9.36 Å². The lowest BCUT2D eigenvalue weighted by atomic mass is 10.2. The summed E-state index contributed by atoms with van der Waals surface area (Å²) in [4.78, 5) is 11.9. The van der Waals surface area contributed by atoms with Gasteiger partial charge in [0.05, 0.1) is 10.0 Å². The number of rotatable bonds is 5. The van der Waals surface area contributed by atoms with Gasteiger partial charge in [-0.2, -0.15) is 13.2 Å². The highest BCUT2D eigenvalue weighted by molar-refractivity contribution is 9.10. The van der Waals surface area contributed by atoms with Crippen molar-refractivity contribution in [3.8, 4) is 0 Å². The number of hydrogen-bond acceptors (Lipinski definition) is 3. The lowest BCUT2D eigenvalue weighted by molar-refractivity contribution is -0.136. The van der Waals surface area contributed by atoms with Crippen LogP contribution in [0.1, 0.15) is 5.56 Å². The van der Waals surface area contributed by atoms with Crippen molar-refractivity contribution in [3.63, 3.8) is 0 Å². The molecule has 0 N–H and O–H groups in total. The molecule has 2 rings (SSSR count). The number of fused-ring (bicyclic) bond motifs is 1. The van der Waals surface area contributed by atoms with Crippen LogP contribution in [-0.2, 0) is 17.6 Å². The zero-order valence-electron chi connectivity index (χ0n) is 13.0. The van der Waals surface area contributed by atoms with Gasteiger partial charge in [-0.05, 0) is 34.1 Å². The van der Waals surface area contributed by atoms with Crippen molar-refractivity contribution < 1.29 is 22.3 Å². The first-order valence-corrected chi connectivity index (χ1v) is 11.5. The number of nitrogens with zero attached hydrogens (tertiary/aromatic N) is 1. The van der Waals surface area contributed by atoms with E-state index in [0.29, 0.717) is 11.1 Å². The van der Waals surface area contributed by atoms with Crippen LogP contribution in [0.5, 0.6) is 0 Å². The largest absolute Gasteiger partial charge is 0.421 e. The van der Waals surface area contributed by atoms with Crippen LogP contribution < -0.4 is 5.76 Å². The fraction of sp³-hybridized carbons (Fsp3) is 0.500. The maximum atomic E-state index is 13.2. The zero-order valence-corrected chi connectivity index (χ0v) is 15.5. The minimum atomic E-state index is -4.59. The van der Waals surface area contributed by atoms with Crippen molar-refractivity contribution in [1.29, 1.82) is 0 Å². The lowest BCUT2D eigenvalue weighted by Gasteiger charge is -2.15. The van der Waals surface area contributed by atoms with Gasteiger partial charge in [0, 0.05) is 14.7 Å². The van der Waals surface area contributed by atoms with Crippen LogP contribution in [-0.4, -0.2) is 19.2 Å². The summed E-state index contributed by atoms with van der Waals surface area (Å²) in [5.41, 5.74) is -1.35. The van der Waals surface area contributed by atoms with Crippen molar-refractivity contribution >= 4 is 35.1 Å². The molecule has 0 aliphatic rings. The van der Waals surface area contributed by atoms with Gasteiger partial charge in [0.2, 0.25) is 0 Å². The topological polar surface area (TPSA) is 44.4 Å². The van der Waals surface area contributed by atoms with E-state index >= 15 is 0 Å². The van der Waals surface area contributed by atoms with Crippen molar-refractivity contribution in [1.82, 2.24) is 4.57 Å². The fourth-order valence-electron chi connectivity index (χ4n) is 2.03. The van der Waals surface area contributed by atoms with Gasteiger partial charge in [0.1, 0.15) is 12.2 Å². The Hall–Kier alpha value is -1.06. The average molecular weight is 412 g/mol. The first-order valence-electron chi connectivity index (χ1n) is 6.97. The summed E-state index contributed by atoms with van der Waals surface area (Å²) in [6.07, 6.45) is -4.59. The Labute approximate surface area is 140 Å². The quantitative estimate of drug-likeness (QED) is 0.529. The molecule has 0 spiro atoms. The molecule has 0 saturated carbocycles. The van der Waals surface area contributed by atoms with E-state index in [2.05, 4.69) is 35.6 Å². The Balaban J connectivity index is 2.38. The SMILES string of the molecule is C[Si](C)(C)CCOCn1c(=O)oc2c(Br)ccc(C(F)(F)F)c21. The molecule has 23 heavy (non-hydrogen) atoms. The molecule has 0 aliphatic heterocycles. The summed E-state index contributed by atoms with van der Waals surface area (Å²) in [5, 5.41) is 0. The number of ether oxygens (including phenoxy) is 1. The highest BCUT2D eigenvalue weighted by Gasteiger charge is 2.35. The molecule has 2 aromatic rings. The zero-order chi connectivity index (χ0) is 17.4. The molecule has 1 aromatic heterocycles. The number of hydrogen-bond donors (Lipinski definition) is 0. The maximum Gasteiger partial charge on any atom is 0.421 e. The first kappa shape index (κ1) is 18.3. The molecule has 0 unspecified atom stereocenters. The smallest absolute Gasteiger partial charge is 0.406 e. The van der Waals surface area contributed by atoms with Gasteiger partial charge in [-0.1, -0.05) is 19.6 Å². The molecule has 0 saturated heterocycles. The van der Waals surface area contributed by atoms with Gasteiger partial charge in [0.15, 0.2) is 5.58 Å². The fourth-order valence-corrected chi connectivity index (χ4v) is 3.18. The number of benzene rings is 1. The minimum absolute atomic E-state index is 0.126. The van der Waals surface area contributed by atoms with Gasteiger partial charge in [0.25, 0.3) is 0 Å². The Morgan fingerprint density at radius 1 is 1.30 bits per heavy atom. The third-order valence-electron chi connectivity index (χ3n) is 3.29. The molecule has 0 atom stereocenters. The molecule has 4 nitrogen and oxygen atoms in total. The molecular weight excluding hydrogens is 395 g/mol. The molecule has 0 radical (unpaired) electrons. The summed E-state index contributed by atoms with van der Waals surface area (Å²) >= 11 is 3.10. The Morgan fingerprint density at radius 3 is 2.52 bits per heavy atom. The standard InChI is InChI=1S/C14H17BrF3NO3Si/c1-23(2,3)7-6-21-8-19-11-9(14(16,17)18)4-5-10(15)12(11)22-13(19)20/h4-5H,6-8H2,1-3H3. The van der Waals surface area contributed by atoms with Crippen LogP contribution in [0.3, 0.4) is 0 Å². The van der Waals surface area contributed by atoms with Crippen molar-refractivity contribution in [2.45, 2.75) is 38.6 Å². The second-order valence-electron chi connectivity index (χ2n) is 6.41. The second kappa shape index (κ2) is 6.44. The number of alkyl halides is 3. The Kier molecular flexibility index (Phi) is 5.12. The predicted molar refractivity (Wildman–Crippen MR) is 87.3 cm³/mol. The van der Waals surface area contributed by atoms with E-state index in [4.69, 9.17) is 9.15 Å². The summed E-state index contributed by atoms with van der Waals surface area (Å²) in [6.45, 7) is 6.61. The van der Waals surface area contributed by atoms with Crippen molar-refractivity contribution in [2.75, 3.05) is 6.61 Å². The first-order chi connectivity index (χ1) is 10.5. The summed E-state index contributed by atoms with van der Waals surface area (Å²) in [5.74, 6) is -0.870.